The molecule has 0 aliphatic rings. The van der Waals surface area contributed by atoms with E-state index in [9.17, 15) is 4.79 Å². The molecule has 0 saturated heterocycles. The third kappa shape index (κ3) is 4.92. The van der Waals surface area contributed by atoms with Crippen LogP contribution >= 0.6 is 0 Å². The molecule has 166 valence electrons. The van der Waals surface area contributed by atoms with E-state index in [4.69, 9.17) is 24.7 Å². The third-order valence-corrected chi connectivity index (χ3v) is 4.68. The minimum absolute atomic E-state index is 0.220. The van der Waals surface area contributed by atoms with E-state index in [0.717, 1.165) is 5.56 Å². The number of carbonyl (C=O) groups excluding carboxylic acids is 1. The quantitative estimate of drug-likeness (QED) is 0.291. The van der Waals surface area contributed by atoms with Crippen LogP contribution in [0.2, 0.25) is 0 Å². The third-order valence-electron chi connectivity index (χ3n) is 4.68. The first-order chi connectivity index (χ1) is 15.5. The van der Waals surface area contributed by atoms with Gasteiger partial charge in [-0.2, -0.15) is 0 Å². The molecule has 32 heavy (non-hydrogen) atoms. The predicted octanol–water partition coefficient (Wildman–Crippen LogP) is 4.34. The summed E-state index contributed by atoms with van der Waals surface area (Å²) in [6.07, 6.45) is 4.76. The van der Waals surface area contributed by atoms with E-state index in [1.165, 1.54) is 27.4 Å². The molecule has 8 heteroatoms. The molecule has 8 nitrogen and oxygen atoms in total. The molecule has 0 saturated carbocycles. The number of allylic oxidation sites excluding steroid dienone is 1. The summed E-state index contributed by atoms with van der Waals surface area (Å²) in [7, 11) is 6.16. The minimum atomic E-state index is -0.220. The second-order valence-electron chi connectivity index (χ2n) is 6.64. The minimum Gasteiger partial charge on any atom is -0.495 e. The highest BCUT2D eigenvalue weighted by Gasteiger charge is 2.16. The molecule has 0 radical (unpaired) electrons. The highest BCUT2D eigenvalue weighted by molar-refractivity contribution is 6.10. The fraction of sp³-hybridized carbons (Fsp3) is 0.167. The average Bonchev–Trinajstić information content (AvgIpc) is 2.82. The standard InChI is InChI=1S/C24H25N3O5/c1-29-20-10-8-15(12-18(20)25)7-9-19(28)17-6-5-11-26-24(17)27-16-13-21(30-2)23(32-4)22(14-16)31-3/h5-14H,25H2,1-4H3,(H,26,27). The number of hydrogen-bond donors (Lipinski definition) is 2. The molecule has 0 aliphatic carbocycles. The molecule has 3 aromatic rings. The SMILES string of the molecule is COc1ccc(C=CC(=O)c2cccnc2Nc2cc(OC)c(OC)c(OC)c2)cc1N. The summed E-state index contributed by atoms with van der Waals surface area (Å²) in [5, 5.41) is 3.16. The van der Waals surface area contributed by atoms with Crippen LogP contribution in [-0.4, -0.2) is 39.2 Å². The number of pyridine rings is 1. The van der Waals surface area contributed by atoms with E-state index >= 15 is 0 Å². The monoisotopic (exact) mass is 435 g/mol. The van der Waals surface area contributed by atoms with E-state index in [-0.39, 0.29) is 5.78 Å². The van der Waals surface area contributed by atoms with Crippen LogP contribution in [0.3, 0.4) is 0 Å². The molecule has 0 atom stereocenters. The van der Waals surface area contributed by atoms with E-state index in [2.05, 4.69) is 10.3 Å². The van der Waals surface area contributed by atoms with Crippen molar-refractivity contribution in [2.75, 3.05) is 39.5 Å². The Morgan fingerprint density at radius 1 is 0.938 bits per heavy atom. The molecule has 0 fully saturated rings. The number of ketones is 1. The van der Waals surface area contributed by atoms with Crippen LogP contribution in [0.1, 0.15) is 15.9 Å². The van der Waals surface area contributed by atoms with Gasteiger partial charge in [0.05, 0.1) is 39.7 Å². The van der Waals surface area contributed by atoms with Gasteiger partial charge in [-0.15, -0.1) is 0 Å². The highest BCUT2D eigenvalue weighted by atomic mass is 16.5. The normalized spacial score (nSPS) is 10.6. The van der Waals surface area contributed by atoms with Gasteiger partial charge in [-0.3, -0.25) is 4.79 Å². The Bertz CT molecular complexity index is 1120. The number of anilines is 3. The van der Waals surface area contributed by atoms with Gasteiger partial charge >= 0.3 is 0 Å². The number of hydrogen-bond acceptors (Lipinski definition) is 8. The van der Waals surface area contributed by atoms with Crippen molar-refractivity contribution >= 4 is 29.1 Å². The number of benzene rings is 2. The molecule has 0 spiro atoms. The molecule has 2 aromatic carbocycles. The molecule has 0 unspecified atom stereocenters. The Morgan fingerprint density at radius 2 is 1.62 bits per heavy atom. The zero-order valence-corrected chi connectivity index (χ0v) is 18.3. The zero-order valence-electron chi connectivity index (χ0n) is 18.3. The Hall–Kier alpha value is -4.20. The highest BCUT2D eigenvalue weighted by Crippen LogP contribution is 2.40. The summed E-state index contributed by atoms with van der Waals surface area (Å²) < 4.78 is 21.3. The van der Waals surface area contributed by atoms with Gasteiger partial charge in [-0.05, 0) is 35.9 Å². The fourth-order valence-corrected chi connectivity index (χ4v) is 3.11. The van der Waals surface area contributed by atoms with Gasteiger partial charge < -0.3 is 30.0 Å². The number of methoxy groups -OCH3 is 4. The van der Waals surface area contributed by atoms with Crippen LogP contribution in [0.25, 0.3) is 6.08 Å². The number of aromatic nitrogens is 1. The number of nitrogens with one attached hydrogen (secondary N) is 1. The molecule has 3 rings (SSSR count). The second kappa shape index (κ2) is 10.2. The van der Waals surface area contributed by atoms with Crippen molar-refractivity contribution in [1.29, 1.82) is 0 Å². The van der Waals surface area contributed by atoms with Gasteiger partial charge in [-0.25, -0.2) is 4.98 Å². The van der Waals surface area contributed by atoms with Crippen LogP contribution in [-0.2, 0) is 0 Å². The van der Waals surface area contributed by atoms with Crippen molar-refractivity contribution in [3.8, 4) is 23.0 Å². The van der Waals surface area contributed by atoms with Crippen LogP contribution in [0, 0.1) is 0 Å². The van der Waals surface area contributed by atoms with Crippen molar-refractivity contribution in [2.45, 2.75) is 0 Å². The van der Waals surface area contributed by atoms with Gasteiger partial charge in [0.2, 0.25) is 5.75 Å². The maximum Gasteiger partial charge on any atom is 0.203 e. The van der Waals surface area contributed by atoms with Crippen molar-refractivity contribution in [2.24, 2.45) is 0 Å². The zero-order chi connectivity index (χ0) is 23.1. The number of ether oxygens (including phenoxy) is 4. The van der Waals surface area contributed by atoms with Crippen LogP contribution in [0.15, 0.2) is 54.7 Å². The molecule has 1 aromatic heterocycles. The van der Waals surface area contributed by atoms with Gasteiger partial charge in [0, 0.05) is 24.0 Å². The lowest BCUT2D eigenvalue weighted by Crippen LogP contribution is -2.04. The average molecular weight is 435 g/mol. The largest absolute Gasteiger partial charge is 0.495 e. The predicted molar refractivity (Wildman–Crippen MR) is 124 cm³/mol. The van der Waals surface area contributed by atoms with Crippen molar-refractivity contribution in [3.63, 3.8) is 0 Å². The Kier molecular flexibility index (Phi) is 7.17. The maximum atomic E-state index is 12.9. The smallest absolute Gasteiger partial charge is 0.203 e. The first-order valence-electron chi connectivity index (χ1n) is 9.68. The van der Waals surface area contributed by atoms with Gasteiger partial charge in [-0.1, -0.05) is 12.1 Å². The molecule has 1 heterocycles. The van der Waals surface area contributed by atoms with Crippen molar-refractivity contribution in [3.05, 3.63) is 65.9 Å². The molecular formula is C24H25N3O5. The first kappa shape index (κ1) is 22.5. The number of nitrogen functional groups attached to an aromatic ring is 1. The number of nitrogens with two attached hydrogens (primary N) is 1. The van der Waals surface area contributed by atoms with Gasteiger partial charge in [0.15, 0.2) is 17.3 Å². The molecule has 0 aliphatic heterocycles. The second-order valence-corrected chi connectivity index (χ2v) is 6.64. The Morgan fingerprint density at radius 3 is 2.22 bits per heavy atom. The number of rotatable bonds is 9. The lowest BCUT2D eigenvalue weighted by molar-refractivity contribution is 0.104. The summed E-state index contributed by atoms with van der Waals surface area (Å²) in [5.41, 5.74) is 8.23. The van der Waals surface area contributed by atoms with Crippen LogP contribution in [0.4, 0.5) is 17.2 Å². The van der Waals surface area contributed by atoms with E-state index in [1.54, 1.807) is 55.8 Å². The van der Waals surface area contributed by atoms with E-state index in [1.807, 2.05) is 6.07 Å². The lowest BCUT2D eigenvalue weighted by Gasteiger charge is -2.15. The maximum absolute atomic E-state index is 12.9. The van der Waals surface area contributed by atoms with Gasteiger partial charge in [0.25, 0.3) is 0 Å². The number of carbonyl (C=O) groups is 1. The molecule has 3 N–H and O–H groups in total. The molecular weight excluding hydrogens is 410 g/mol. The summed E-state index contributed by atoms with van der Waals surface area (Å²) in [6.45, 7) is 0. The molecule has 0 amide bonds. The first-order valence-corrected chi connectivity index (χ1v) is 9.68. The summed E-state index contributed by atoms with van der Waals surface area (Å²) in [4.78, 5) is 17.2. The summed E-state index contributed by atoms with van der Waals surface area (Å²) in [5.74, 6) is 2.19. The van der Waals surface area contributed by atoms with Crippen LogP contribution in [0.5, 0.6) is 23.0 Å². The lowest BCUT2D eigenvalue weighted by atomic mass is 10.1. The summed E-state index contributed by atoms with van der Waals surface area (Å²) in [6, 6.07) is 12.2. The van der Waals surface area contributed by atoms with E-state index < -0.39 is 0 Å². The van der Waals surface area contributed by atoms with Crippen LogP contribution < -0.4 is 30.0 Å². The summed E-state index contributed by atoms with van der Waals surface area (Å²) >= 11 is 0. The van der Waals surface area contributed by atoms with Crippen molar-refractivity contribution in [1.82, 2.24) is 4.98 Å². The fourth-order valence-electron chi connectivity index (χ4n) is 3.11. The number of nitrogens with zero attached hydrogens (tertiary/aromatic N) is 1. The van der Waals surface area contributed by atoms with E-state index in [0.29, 0.717) is 45.8 Å². The Balaban J connectivity index is 1.88. The van der Waals surface area contributed by atoms with Gasteiger partial charge in [0.1, 0.15) is 11.6 Å². The topological polar surface area (TPSA) is 105 Å². The molecule has 0 bridgehead atoms. The van der Waals surface area contributed by atoms with Crippen molar-refractivity contribution < 1.29 is 23.7 Å². The Labute approximate surface area is 186 Å².